The summed E-state index contributed by atoms with van der Waals surface area (Å²) in [7, 11) is 0. The predicted octanol–water partition coefficient (Wildman–Crippen LogP) is 3.28. The van der Waals surface area contributed by atoms with Crippen LogP contribution in [0.1, 0.15) is 53.0 Å². The SMILES string of the molecule is Cc1c(CCc2ccc(Cl)cc2)ncnc1C(=O)N1CCC(N2CCC(O)CC2)CC1. The van der Waals surface area contributed by atoms with Gasteiger partial charge in [-0.25, -0.2) is 9.97 Å². The van der Waals surface area contributed by atoms with Gasteiger partial charge >= 0.3 is 0 Å². The number of piperidine rings is 2. The molecule has 2 aliphatic heterocycles. The lowest BCUT2D eigenvalue weighted by molar-refractivity contribution is 0.0355. The van der Waals surface area contributed by atoms with Crippen LogP contribution in [0.5, 0.6) is 0 Å². The van der Waals surface area contributed by atoms with Gasteiger partial charge in [0.2, 0.25) is 0 Å². The zero-order chi connectivity index (χ0) is 21.8. The lowest BCUT2D eigenvalue weighted by Crippen LogP contribution is -2.49. The first-order valence-electron chi connectivity index (χ1n) is 11.3. The molecule has 0 radical (unpaired) electrons. The Morgan fingerprint density at radius 3 is 2.39 bits per heavy atom. The second kappa shape index (κ2) is 10.1. The van der Waals surface area contributed by atoms with Crippen molar-refractivity contribution >= 4 is 17.5 Å². The molecule has 1 aromatic heterocycles. The molecule has 31 heavy (non-hydrogen) atoms. The fraction of sp³-hybridized carbons (Fsp3) is 0.542. The molecule has 1 aromatic carbocycles. The van der Waals surface area contributed by atoms with Gasteiger partial charge in [-0.05, 0) is 63.1 Å². The minimum absolute atomic E-state index is 0.0140. The number of aromatic nitrogens is 2. The van der Waals surface area contributed by atoms with Crippen molar-refractivity contribution in [3.8, 4) is 0 Å². The van der Waals surface area contributed by atoms with Gasteiger partial charge in [0.05, 0.1) is 6.10 Å². The number of benzene rings is 1. The fourth-order valence-electron chi connectivity index (χ4n) is 4.70. The van der Waals surface area contributed by atoms with Gasteiger partial charge in [-0.3, -0.25) is 4.79 Å². The molecular formula is C24H31ClN4O2. The number of carbonyl (C=O) groups excluding carboxylic acids is 1. The van der Waals surface area contributed by atoms with Crippen LogP contribution in [0.2, 0.25) is 5.02 Å². The van der Waals surface area contributed by atoms with E-state index in [-0.39, 0.29) is 12.0 Å². The number of aryl methyl sites for hydroxylation is 2. The van der Waals surface area contributed by atoms with Crippen LogP contribution >= 0.6 is 11.6 Å². The molecule has 2 aromatic rings. The summed E-state index contributed by atoms with van der Waals surface area (Å²) >= 11 is 5.97. The Labute approximate surface area is 189 Å². The van der Waals surface area contributed by atoms with Crippen molar-refractivity contribution < 1.29 is 9.90 Å². The summed E-state index contributed by atoms with van der Waals surface area (Å²) < 4.78 is 0. The Morgan fingerprint density at radius 2 is 1.71 bits per heavy atom. The van der Waals surface area contributed by atoms with E-state index in [4.69, 9.17) is 11.6 Å². The topological polar surface area (TPSA) is 69.6 Å². The quantitative estimate of drug-likeness (QED) is 0.769. The number of aliphatic hydroxyl groups is 1. The van der Waals surface area contributed by atoms with Gasteiger partial charge in [0.1, 0.15) is 12.0 Å². The van der Waals surface area contributed by atoms with E-state index in [1.54, 1.807) is 0 Å². The van der Waals surface area contributed by atoms with Crippen LogP contribution in [0.15, 0.2) is 30.6 Å². The third-order valence-corrected chi connectivity index (χ3v) is 6.97. The van der Waals surface area contributed by atoms with Gasteiger partial charge < -0.3 is 14.9 Å². The molecule has 1 amide bonds. The molecule has 0 saturated carbocycles. The van der Waals surface area contributed by atoms with E-state index >= 15 is 0 Å². The number of aliphatic hydroxyl groups excluding tert-OH is 1. The highest BCUT2D eigenvalue weighted by atomic mass is 35.5. The summed E-state index contributed by atoms with van der Waals surface area (Å²) in [6.45, 7) is 5.39. The smallest absolute Gasteiger partial charge is 0.272 e. The summed E-state index contributed by atoms with van der Waals surface area (Å²) in [6, 6.07) is 8.36. The number of halogens is 1. The van der Waals surface area contributed by atoms with Crippen molar-refractivity contribution in [2.24, 2.45) is 0 Å². The molecule has 0 atom stereocenters. The first kappa shape index (κ1) is 22.2. The van der Waals surface area contributed by atoms with E-state index in [9.17, 15) is 9.90 Å². The van der Waals surface area contributed by atoms with E-state index in [0.29, 0.717) is 11.7 Å². The average molecular weight is 443 g/mol. The van der Waals surface area contributed by atoms with Crippen LogP contribution in [0.25, 0.3) is 0 Å². The lowest BCUT2D eigenvalue weighted by Gasteiger charge is -2.41. The molecule has 166 valence electrons. The number of carbonyl (C=O) groups is 1. The minimum Gasteiger partial charge on any atom is -0.393 e. The Morgan fingerprint density at radius 1 is 1.03 bits per heavy atom. The standard InChI is InChI=1S/C24H31ClN4O2/c1-17-22(7-4-18-2-5-19(25)6-3-18)26-16-27-23(17)24(31)29-12-8-20(9-13-29)28-14-10-21(30)11-15-28/h2-3,5-6,16,20-21,30H,4,7-15H2,1H3. The first-order valence-corrected chi connectivity index (χ1v) is 11.7. The molecule has 7 heteroatoms. The zero-order valence-electron chi connectivity index (χ0n) is 18.1. The number of rotatable bonds is 5. The van der Waals surface area contributed by atoms with E-state index in [1.807, 2.05) is 36.1 Å². The van der Waals surface area contributed by atoms with Gasteiger partial charge in [0.15, 0.2) is 0 Å². The van der Waals surface area contributed by atoms with Crippen molar-refractivity contribution in [1.29, 1.82) is 0 Å². The van der Waals surface area contributed by atoms with E-state index in [2.05, 4.69) is 14.9 Å². The Kier molecular flexibility index (Phi) is 7.20. The van der Waals surface area contributed by atoms with Gasteiger partial charge in [-0.1, -0.05) is 23.7 Å². The molecule has 0 bridgehead atoms. The molecule has 0 unspecified atom stereocenters. The highest BCUT2D eigenvalue weighted by Gasteiger charge is 2.30. The predicted molar refractivity (Wildman–Crippen MR) is 121 cm³/mol. The number of hydrogen-bond acceptors (Lipinski definition) is 5. The van der Waals surface area contributed by atoms with Gasteiger partial charge in [-0.15, -0.1) is 0 Å². The highest BCUT2D eigenvalue weighted by molar-refractivity contribution is 6.30. The summed E-state index contributed by atoms with van der Waals surface area (Å²) in [5.74, 6) is 0.0140. The highest BCUT2D eigenvalue weighted by Crippen LogP contribution is 2.23. The van der Waals surface area contributed by atoms with Crippen LogP contribution in [-0.2, 0) is 12.8 Å². The van der Waals surface area contributed by atoms with Crippen LogP contribution in [-0.4, -0.2) is 69.1 Å². The summed E-state index contributed by atoms with van der Waals surface area (Å²) in [6.07, 6.45) is 6.66. The Balaban J connectivity index is 1.35. The van der Waals surface area contributed by atoms with Crippen molar-refractivity contribution in [2.75, 3.05) is 26.2 Å². The molecule has 2 fully saturated rings. The average Bonchev–Trinajstić information content (AvgIpc) is 2.80. The van der Waals surface area contributed by atoms with Gasteiger partial charge in [0, 0.05) is 48.5 Å². The maximum atomic E-state index is 13.2. The minimum atomic E-state index is -0.146. The summed E-state index contributed by atoms with van der Waals surface area (Å²) in [5, 5.41) is 10.5. The fourth-order valence-corrected chi connectivity index (χ4v) is 4.83. The van der Waals surface area contributed by atoms with Gasteiger partial charge in [-0.2, -0.15) is 0 Å². The molecular weight excluding hydrogens is 412 g/mol. The number of likely N-dealkylation sites (tertiary alicyclic amines) is 2. The number of nitrogens with zero attached hydrogens (tertiary/aromatic N) is 4. The van der Waals surface area contributed by atoms with Crippen LogP contribution in [0.3, 0.4) is 0 Å². The van der Waals surface area contributed by atoms with E-state index in [1.165, 1.54) is 11.9 Å². The van der Waals surface area contributed by atoms with Crippen LogP contribution < -0.4 is 0 Å². The number of amides is 1. The van der Waals surface area contributed by atoms with Crippen molar-refractivity contribution in [1.82, 2.24) is 19.8 Å². The first-order chi connectivity index (χ1) is 15.0. The third-order valence-electron chi connectivity index (χ3n) is 6.72. The van der Waals surface area contributed by atoms with Crippen molar-refractivity contribution in [3.63, 3.8) is 0 Å². The normalized spacial score (nSPS) is 19.0. The molecule has 1 N–H and O–H groups in total. The van der Waals surface area contributed by atoms with E-state index < -0.39 is 0 Å². The van der Waals surface area contributed by atoms with Crippen molar-refractivity contribution in [2.45, 2.75) is 57.6 Å². The largest absolute Gasteiger partial charge is 0.393 e. The molecule has 6 nitrogen and oxygen atoms in total. The zero-order valence-corrected chi connectivity index (χ0v) is 18.9. The second-order valence-corrected chi connectivity index (χ2v) is 9.15. The van der Waals surface area contributed by atoms with Crippen LogP contribution in [0.4, 0.5) is 0 Å². The molecule has 0 spiro atoms. The van der Waals surface area contributed by atoms with Crippen molar-refractivity contribution in [3.05, 3.63) is 58.1 Å². The molecule has 2 aliphatic rings. The summed E-state index contributed by atoms with van der Waals surface area (Å²) in [5.41, 5.74) is 3.53. The maximum absolute atomic E-state index is 13.2. The van der Waals surface area contributed by atoms with Crippen LogP contribution in [0, 0.1) is 6.92 Å². The molecule has 4 rings (SSSR count). The Bertz CT molecular complexity index is 889. The molecule has 3 heterocycles. The summed E-state index contributed by atoms with van der Waals surface area (Å²) in [4.78, 5) is 26.4. The third kappa shape index (κ3) is 5.43. The number of hydrogen-bond donors (Lipinski definition) is 1. The molecule has 2 saturated heterocycles. The van der Waals surface area contributed by atoms with Gasteiger partial charge in [0.25, 0.3) is 5.91 Å². The second-order valence-electron chi connectivity index (χ2n) is 8.71. The van der Waals surface area contributed by atoms with E-state index in [0.717, 1.165) is 81.0 Å². The molecule has 0 aliphatic carbocycles. The lowest BCUT2D eigenvalue weighted by atomic mass is 9.98. The Hall–Kier alpha value is -2.02. The monoisotopic (exact) mass is 442 g/mol. The maximum Gasteiger partial charge on any atom is 0.272 e.